The Labute approximate surface area is 141 Å². The van der Waals surface area contributed by atoms with Gasteiger partial charge in [-0.05, 0) is 62.6 Å². The molecular weight excluding hydrogens is 304 g/mol. The zero-order chi connectivity index (χ0) is 16.9. The van der Waals surface area contributed by atoms with Gasteiger partial charge in [-0.1, -0.05) is 0 Å². The summed E-state index contributed by atoms with van der Waals surface area (Å²) in [6.45, 7) is 2.60. The summed E-state index contributed by atoms with van der Waals surface area (Å²) < 4.78 is 7.14. The summed E-state index contributed by atoms with van der Waals surface area (Å²) >= 11 is 0. The summed E-state index contributed by atoms with van der Waals surface area (Å²) in [4.78, 5) is 26.1. The molecule has 2 heterocycles. The van der Waals surface area contributed by atoms with Crippen LogP contribution in [0.25, 0.3) is 5.69 Å². The lowest BCUT2D eigenvalue weighted by Gasteiger charge is -2.33. The average Bonchev–Trinajstić information content (AvgIpc) is 3.14. The average molecular weight is 326 g/mol. The van der Waals surface area contributed by atoms with Crippen LogP contribution < -0.4 is 0 Å². The largest absolute Gasteiger partial charge is 0.452 e. The maximum atomic E-state index is 12.2. The van der Waals surface area contributed by atoms with Crippen LogP contribution in [-0.4, -0.2) is 40.5 Å². The number of ether oxygens (including phenoxy) is 1. The summed E-state index contributed by atoms with van der Waals surface area (Å²) in [7, 11) is 0. The molecule has 1 aromatic heterocycles. The van der Waals surface area contributed by atoms with Gasteiger partial charge in [-0.2, -0.15) is 0 Å². The molecule has 0 saturated carbocycles. The van der Waals surface area contributed by atoms with E-state index in [2.05, 4.69) is 0 Å². The number of likely N-dealkylation sites (tertiary alicyclic amines) is 1. The van der Waals surface area contributed by atoms with E-state index in [-0.39, 0.29) is 18.6 Å². The van der Waals surface area contributed by atoms with Gasteiger partial charge in [0, 0.05) is 30.7 Å². The Kier molecular flexibility index (Phi) is 4.99. The van der Waals surface area contributed by atoms with Crippen molar-refractivity contribution in [1.82, 2.24) is 9.47 Å². The van der Waals surface area contributed by atoms with E-state index < -0.39 is 5.97 Å². The van der Waals surface area contributed by atoms with Crippen LogP contribution in [0.4, 0.5) is 0 Å². The lowest BCUT2D eigenvalue weighted by Crippen LogP contribution is -2.44. The first-order chi connectivity index (χ1) is 11.6. The van der Waals surface area contributed by atoms with Crippen molar-refractivity contribution in [2.75, 3.05) is 13.2 Å². The fourth-order valence-electron chi connectivity index (χ4n) is 3.04. The van der Waals surface area contributed by atoms with Crippen LogP contribution in [0.15, 0.2) is 48.8 Å². The molecule has 1 unspecified atom stereocenters. The third kappa shape index (κ3) is 3.67. The number of piperidine rings is 1. The van der Waals surface area contributed by atoms with Crippen LogP contribution in [0.3, 0.4) is 0 Å². The number of hydrogen-bond acceptors (Lipinski definition) is 3. The highest BCUT2D eigenvalue weighted by Gasteiger charge is 2.24. The van der Waals surface area contributed by atoms with Crippen molar-refractivity contribution in [3.63, 3.8) is 0 Å². The standard InChI is InChI=1S/C19H22N2O3/c1-15-6-2-3-13-21(15)18(22)14-24-19(23)16-7-9-17(10-8-16)20-11-4-5-12-20/h4-5,7-12,15H,2-3,6,13-14H2,1H3. The van der Waals surface area contributed by atoms with E-state index in [4.69, 9.17) is 4.74 Å². The van der Waals surface area contributed by atoms with Gasteiger partial charge < -0.3 is 14.2 Å². The molecule has 24 heavy (non-hydrogen) atoms. The molecule has 1 aliphatic heterocycles. The summed E-state index contributed by atoms with van der Waals surface area (Å²) in [5.74, 6) is -0.577. The zero-order valence-corrected chi connectivity index (χ0v) is 13.9. The third-order valence-electron chi connectivity index (χ3n) is 4.46. The predicted molar refractivity (Wildman–Crippen MR) is 91.1 cm³/mol. The number of benzene rings is 1. The van der Waals surface area contributed by atoms with Gasteiger partial charge >= 0.3 is 5.97 Å². The van der Waals surface area contributed by atoms with Crippen molar-refractivity contribution in [2.45, 2.75) is 32.2 Å². The van der Waals surface area contributed by atoms with Crippen molar-refractivity contribution in [1.29, 1.82) is 0 Å². The molecule has 0 bridgehead atoms. The molecule has 1 saturated heterocycles. The highest BCUT2D eigenvalue weighted by molar-refractivity contribution is 5.91. The van der Waals surface area contributed by atoms with Crippen LogP contribution in [-0.2, 0) is 9.53 Å². The van der Waals surface area contributed by atoms with Gasteiger partial charge in [0.2, 0.25) is 0 Å². The quantitative estimate of drug-likeness (QED) is 0.812. The fraction of sp³-hybridized carbons (Fsp3) is 0.368. The number of esters is 1. The summed E-state index contributed by atoms with van der Waals surface area (Å²) in [5, 5.41) is 0. The van der Waals surface area contributed by atoms with Gasteiger partial charge in [0.25, 0.3) is 5.91 Å². The summed E-state index contributed by atoms with van der Waals surface area (Å²) in [6, 6.07) is 11.2. The van der Waals surface area contributed by atoms with Crippen LogP contribution >= 0.6 is 0 Å². The number of carbonyl (C=O) groups is 2. The van der Waals surface area contributed by atoms with E-state index in [0.29, 0.717) is 5.56 Å². The number of nitrogens with zero attached hydrogens (tertiary/aromatic N) is 2. The molecule has 1 atom stereocenters. The Morgan fingerprint density at radius 1 is 1.12 bits per heavy atom. The summed E-state index contributed by atoms with van der Waals surface area (Å²) in [6.07, 6.45) is 7.06. The van der Waals surface area contributed by atoms with Crippen molar-refractivity contribution in [3.8, 4) is 5.69 Å². The molecule has 1 fully saturated rings. The van der Waals surface area contributed by atoms with E-state index in [1.54, 1.807) is 12.1 Å². The minimum atomic E-state index is -0.466. The highest BCUT2D eigenvalue weighted by Crippen LogP contribution is 2.17. The Morgan fingerprint density at radius 3 is 2.50 bits per heavy atom. The van der Waals surface area contributed by atoms with Gasteiger partial charge in [0.15, 0.2) is 6.61 Å². The number of rotatable bonds is 4. The zero-order valence-electron chi connectivity index (χ0n) is 13.9. The Morgan fingerprint density at radius 2 is 1.83 bits per heavy atom. The molecular formula is C19H22N2O3. The maximum absolute atomic E-state index is 12.2. The first kappa shape index (κ1) is 16.3. The maximum Gasteiger partial charge on any atom is 0.338 e. The van der Waals surface area contributed by atoms with E-state index in [1.807, 2.05) is 53.0 Å². The molecule has 0 spiro atoms. The van der Waals surface area contributed by atoms with Crippen LogP contribution in [0.2, 0.25) is 0 Å². The minimum absolute atomic E-state index is 0.112. The number of hydrogen-bond donors (Lipinski definition) is 0. The number of amides is 1. The molecule has 3 rings (SSSR count). The topological polar surface area (TPSA) is 51.5 Å². The Bertz CT molecular complexity index is 692. The second kappa shape index (κ2) is 7.34. The van der Waals surface area contributed by atoms with E-state index in [9.17, 15) is 9.59 Å². The summed E-state index contributed by atoms with van der Waals surface area (Å²) in [5.41, 5.74) is 1.42. The molecule has 126 valence electrons. The molecule has 2 aromatic rings. The van der Waals surface area contributed by atoms with Crippen molar-refractivity contribution >= 4 is 11.9 Å². The van der Waals surface area contributed by atoms with Crippen LogP contribution in [0, 0.1) is 0 Å². The van der Waals surface area contributed by atoms with E-state index >= 15 is 0 Å². The monoisotopic (exact) mass is 326 g/mol. The molecule has 1 amide bonds. The van der Waals surface area contributed by atoms with Crippen LogP contribution in [0.1, 0.15) is 36.5 Å². The van der Waals surface area contributed by atoms with Crippen molar-refractivity contribution in [2.24, 2.45) is 0 Å². The molecule has 5 heteroatoms. The second-order valence-electron chi connectivity index (χ2n) is 6.15. The third-order valence-corrected chi connectivity index (χ3v) is 4.46. The molecule has 0 aliphatic carbocycles. The van der Waals surface area contributed by atoms with Gasteiger partial charge in [0.1, 0.15) is 0 Å². The first-order valence-corrected chi connectivity index (χ1v) is 8.35. The minimum Gasteiger partial charge on any atom is -0.452 e. The SMILES string of the molecule is CC1CCCCN1C(=O)COC(=O)c1ccc(-n2cccc2)cc1. The Hall–Kier alpha value is -2.56. The lowest BCUT2D eigenvalue weighted by atomic mass is 10.0. The second-order valence-corrected chi connectivity index (χ2v) is 6.15. The molecule has 0 radical (unpaired) electrons. The molecule has 1 aliphatic rings. The van der Waals surface area contributed by atoms with Gasteiger partial charge in [-0.3, -0.25) is 4.79 Å². The van der Waals surface area contributed by atoms with E-state index in [1.165, 1.54) is 0 Å². The number of aromatic nitrogens is 1. The fourth-order valence-corrected chi connectivity index (χ4v) is 3.04. The first-order valence-electron chi connectivity index (χ1n) is 8.35. The highest BCUT2D eigenvalue weighted by atomic mass is 16.5. The van der Waals surface area contributed by atoms with Crippen molar-refractivity contribution < 1.29 is 14.3 Å². The van der Waals surface area contributed by atoms with Gasteiger partial charge in [-0.25, -0.2) is 4.79 Å². The Balaban J connectivity index is 1.56. The smallest absolute Gasteiger partial charge is 0.338 e. The van der Waals surface area contributed by atoms with Gasteiger partial charge in [0.05, 0.1) is 5.56 Å². The lowest BCUT2D eigenvalue weighted by molar-refractivity contribution is -0.137. The molecule has 1 aromatic carbocycles. The van der Waals surface area contributed by atoms with Crippen molar-refractivity contribution in [3.05, 3.63) is 54.4 Å². The predicted octanol–water partition coefficient (Wildman–Crippen LogP) is 3.04. The van der Waals surface area contributed by atoms with Crippen LogP contribution in [0.5, 0.6) is 0 Å². The van der Waals surface area contributed by atoms with E-state index in [0.717, 1.165) is 31.5 Å². The molecule has 0 N–H and O–H groups in total. The number of carbonyl (C=O) groups excluding carboxylic acids is 2. The van der Waals surface area contributed by atoms with Gasteiger partial charge in [-0.15, -0.1) is 0 Å². The normalized spacial score (nSPS) is 17.5. The molecule has 5 nitrogen and oxygen atoms in total.